The second-order valence-corrected chi connectivity index (χ2v) is 6.13. The van der Waals surface area contributed by atoms with Gasteiger partial charge in [0, 0.05) is 18.1 Å². The monoisotopic (exact) mass is 380 g/mol. The highest BCUT2D eigenvalue weighted by Gasteiger charge is 2.23. The van der Waals surface area contributed by atoms with Crippen molar-refractivity contribution in [3.8, 4) is 0 Å². The maximum Gasteiger partial charge on any atom is 0.312 e. The summed E-state index contributed by atoms with van der Waals surface area (Å²) in [4.78, 5) is 24.5. The number of benzene rings is 1. The Morgan fingerprint density at radius 1 is 1.39 bits per heavy atom. The van der Waals surface area contributed by atoms with Crippen LogP contribution in [0.25, 0.3) is 0 Å². The Bertz CT molecular complexity index is 757. The smallest absolute Gasteiger partial charge is 0.312 e. The molecule has 0 spiro atoms. The van der Waals surface area contributed by atoms with Gasteiger partial charge in [-0.15, -0.1) is 0 Å². The number of aromatic nitrogens is 2. The average molecular weight is 381 g/mol. The quantitative estimate of drug-likeness (QED) is 0.589. The lowest BCUT2D eigenvalue weighted by molar-refractivity contribution is -0.386. The van der Waals surface area contributed by atoms with Crippen molar-refractivity contribution in [2.24, 2.45) is 0 Å². The highest BCUT2D eigenvalue weighted by Crippen LogP contribution is 2.22. The zero-order valence-corrected chi connectivity index (χ0v) is 14.7. The average Bonchev–Trinajstić information content (AvgIpc) is 2.75. The number of hydrogen-bond acceptors (Lipinski definition) is 4. The number of nitro groups is 1. The number of aryl methyl sites for hydroxylation is 1. The normalized spacial score (nSPS) is 10.6. The third kappa shape index (κ3) is 3.76. The van der Waals surface area contributed by atoms with E-state index in [2.05, 4.69) is 21.0 Å². The molecule has 8 heteroatoms. The maximum atomic E-state index is 12.4. The third-order valence-corrected chi connectivity index (χ3v) is 4.38. The van der Waals surface area contributed by atoms with Crippen LogP contribution < -0.4 is 0 Å². The molecule has 0 aliphatic rings. The minimum absolute atomic E-state index is 0.0263. The molecule has 0 unspecified atom stereocenters. The van der Waals surface area contributed by atoms with Gasteiger partial charge in [0.2, 0.25) is 5.91 Å². The van der Waals surface area contributed by atoms with Gasteiger partial charge in [0.15, 0.2) is 0 Å². The highest BCUT2D eigenvalue weighted by molar-refractivity contribution is 9.10. The van der Waals surface area contributed by atoms with Crippen molar-refractivity contribution in [1.29, 1.82) is 0 Å². The summed E-state index contributed by atoms with van der Waals surface area (Å²) in [5, 5.41) is 15.1. The summed E-state index contributed by atoms with van der Waals surface area (Å²) < 4.78 is 2.31. The number of nitrogens with zero attached hydrogens (tertiary/aromatic N) is 4. The number of carbonyl (C=O) groups excluding carboxylic acids is 1. The van der Waals surface area contributed by atoms with Crippen LogP contribution in [0.2, 0.25) is 0 Å². The number of halogens is 1. The molecule has 0 saturated carbocycles. The Labute approximate surface area is 142 Å². The molecule has 1 heterocycles. The lowest BCUT2D eigenvalue weighted by Crippen LogP contribution is -2.30. The van der Waals surface area contributed by atoms with Crippen LogP contribution in [-0.2, 0) is 17.9 Å². The molecule has 2 aromatic rings. The van der Waals surface area contributed by atoms with E-state index in [1.54, 1.807) is 25.8 Å². The van der Waals surface area contributed by atoms with Gasteiger partial charge in [-0.25, -0.2) is 0 Å². The molecule has 2 rings (SSSR count). The first-order valence-corrected chi connectivity index (χ1v) is 7.76. The van der Waals surface area contributed by atoms with Gasteiger partial charge >= 0.3 is 5.69 Å². The fraction of sp³-hybridized carbons (Fsp3) is 0.333. The lowest BCUT2D eigenvalue weighted by atomic mass is 10.2. The molecular formula is C15H17BrN4O3. The Hall–Kier alpha value is -2.22. The molecule has 0 aliphatic carbocycles. The summed E-state index contributed by atoms with van der Waals surface area (Å²) in [6.07, 6.45) is 0. The lowest BCUT2D eigenvalue weighted by Gasteiger charge is -2.18. The Morgan fingerprint density at radius 3 is 2.61 bits per heavy atom. The van der Waals surface area contributed by atoms with E-state index < -0.39 is 4.92 Å². The highest BCUT2D eigenvalue weighted by atomic mass is 79.9. The van der Waals surface area contributed by atoms with Crippen molar-refractivity contribution in [1.82, 2.24) is 14.7 Å². The van der Waals surface area contributed by atoms with Crippen molar-refractivity contribution in [3.63, 3.8) is 0 Å². The Morgan fingerprint density at radius 2 is 2.04 bits per heavy atom. The minimum Gasteiger partial charge on any atom is -0.340 e. The van der Waals surface area contributed by atoms with E-state index in [1.807, 2.05) is 24.3 Å². The van der Waals surface area contributed by atoms with Gasteiger partial charge in [0.25, 0.3) is 0 Å². The van der Waals surface area contributed by atoms with Crippen LogP contribution in [0.4, 0.5) is 5.69 Å². The minimum atomic E-state index is -0.469. The summed E-state index contributed by atoms with van der Waals surface area (Å²) in [6.45, 7) is 3.58. The van der Waals surface area contributed by atoms with Crippen LogP contribution in [0, 0.1) is 24.0 Å². The molecule has 0 bridgehead atoms. The molecule has 0 radical (unpaired) electrons. The number of hydrogen-bond donors (Lipinski definition) is 0. The van der Waals surface area contributed by atoms with Crippen LogP contribution >= 0.6 is 15.9 Å². The zero-order chi connectivity index (χ0) is 17.1. The fourth-order valence-corrected chi connectivity index (χ4v) is 2.73. The number of carbonyl (C=O) groups is 1. The molecule has 0 saturated heterocycles. The second-order valence-electron chi connectivity index (χ2n) is 5.28. The predicted octanol–water partition coefficient (Wildman–Crippen LogP) is 2.83. The van der Waals surface area contributed by atoms with E-state index in [-0.39, 0.29) is 18.1 Å². The van der Waals surface area contributed by atoms with Gasteiger partial charge in [0.05, 0.1) is 4.92 Å². The largest absolute Gasteiger partial charge is 0.340 e. The fourth-order valence-electron chi connectivity index (χ4n) is 2.32. The molecule has 0 N–H and O–H groups in total. The molecular weight excluding hydrogens is 364 g/mol. The Balaban J connectivity index is 2.12. The molecule has 122 valence electrons. The van der Waals surface area contributed by atoms with Crippen LogP contribution in [0.5, 0.6) is 0 Å². The van der Waals surface area contributed by atoms with E-state index >= 15 is 0 Å². The molecule has 0 atom stereocenters. The van der Waals surface area contributed by atoms with Gasteiger partial charge in [0.1, 0.15) is 17.9 Å². The van der Waals surface area contributed by atoms with Gasteiger partial charge < -0.3 is 4.90 Å². The summed E-state index contributed by atoms with van der Waals surface area (Å²) in [6, 6.07) is 7.66. The zero-order valence-electron chi connectivity index (χ0n) is 13.1. The molecule has 1 aromatic carbocycles. The van der Waals surface area contributed by atoms with Crippen molar-refractivity contribution >= 4 is 27.5 Å². The van der Waals surface area contributed by atoms with Crippen LogP contribution in [-0.4, -0.2) is 32.6 Å². The first kappa shape index (κ1) is 17.1. The van der Waals surface area contributed by atoms with Gasteiger partial charge in [-0.05, 0) is 25.5 Å². The van der Waals surface area contributed by atoms with Crippen molar-refractivity contribution in [2.75, 3.05) is 7.05 Å². The van der Waals surface area contributed by atoms with Gasteiger partial charge in [-0.2, -0.15) is 5.10 Å². The van der Waals surface area contributed by atoms with E-state index in [0.29, 0.717) is 17.9 Å². The molecule has 0 aliphatic heterocycles. The van der Waals surface area contributed by atoms with Crippen molar-refractivity contribution in [3.05, 3.63) is 55.8 Å². The first-order chi connectivity index (χ1) is 10.8. The SMILES string of the molecule is Cc1nn(CC(=O)N(C)Cc2ccccc2Br)c(C)c1[N+](=O)[O-]. The van der Waals surface area contributed by atoms with Crippen LogP contribution in [0.1, 0.15) is 17.0 Å². The summed E-state index contributed by atoms with van der Waals surface area (Å²) in [7, 11) is 1.70. The molecule has 1 amide bonds. The van der Waals surface area contributed by atoms with Crippen molar-refractivity contribution < 1.29 is 9.72 Å². The van der Waals surface area contributed by atoms with Crippen LogP contribution in [0.15, 0.2) is 28.7 Å². The van der Waals surface area contributed by atoms with Gasteiger partial charge in [-0.1, -0.05) is 34.1 Å². The number of rotatable bonds is 5. The van der Waals surface area contributed by atoms with E-state index in [4.69, 9.17) is 0 Å². The molecule has 7 nitrogen and oxygen atoms in total. The summed E-state index contributed by atoms with van der Waals surface area (Å²) in [5.41, 5.74) is 1.65. The topological polar surface area (TPSA) is 81.3 Å². The Kier molecular flexibility index (Phi) is 5.15. The standard InChI is InChI=1S/C15H17BrN4O3/c1-10-15(20(22)23)11(2)19(17-10)9-14(21)18(3)8-12-6-4-5-7-13(12)16/h4-7H,8-9H2,1-3H3. The number of amides is 1. The summed E-state index contributed by atoms with van der Waals surface area (Å²) in [5.74, 6) is -0.166. The third-order valence-electron chi connectivity index (χ3n) is 3.60. The summed E-state index contributed by atoms with van der Waals surface area (Å²) >= 11 is 3.45. The van der Waals surface area contributed by atoms with Crippen LogP contribution in [0.3, 0.4) is 0 Å². The maximum absolute atomic E-state index is 12.4. The number of likely N-dealkylation sites (N-methyl/N-ethyl adjacent to an activating group) is 1. The van der Waals surface area contributed by atoms with Crippen molar-refractivity contribution in [2.45, 2.75) is 26.9 Å². The second kappa shape index (κ2) is 6.91. The van der Waals surface area contributed by atoms with E-state index in [1.165, 1.54) is 4.68 Å². The van der Waals surface area contributed by atoms with E-state index in [9.17, 15) is 14.9 Å². The molecule has 0 fully saturated rings. The first-order valence-electron chi connectivity index (χ1n) is 6.97. The van der Waals surface area contributed by atoms with Gasteiger partial charge in [-0.3, -0.25) is 19.6 Å². The van der Waals surface area contributed by atoms with E-state index in [0.717, 1.165) is 10.0 Å². The predicted molar refractivity (Wildman–Crippen MR) is 89.0 cm³/mol. The molecule has 23 heavy (non-hydrogen) atoms. The molecule has 1 aromatic heterocycles.